The molecule has 1 fully saturated rings. The number of amides is 1. The van der Waals surface area contributed by atoms with E-state index in [0.717, 1.165) is 13.0 Å². The van der Waals surface area contributed by atoms with Crippen LogP contribution >= 0.6 is 0 Å². The molecule has 2 atom stereocenters. The first kappa shape index (κ1) is 15.9. The fourth-order valence-corrected chi connectivity index (χ4v) is 2.00. The summed E-state index contributed by atoms with van der Waals surface area (Å²) in [7, 11) is 0. The molecule has 0 aromatic carbocycles. The number of hydrogen-bond donors (Lipinski definition) is 2. The summed E-state index contributed by atoms with van der Waals surface area (Å²) in [6, 6.07) is 0.0718. The summed E-state index contributed by atoms with van der Waals surface area (Å²) in [6.45, 7) is 6.40. The molecular formula is C13H24N2O4. The van der Waals surface area contributed by atoms with E-state index < -0.39 is 0 Å². The molecule has 2 N–H and O–H groups in total. The van der Waals surface area contributed by atoms with E-state index in [-0.39, 0.29) is 30.3 Å². The summed E-state index contributed by atoms with van der Waals surface area (Å²) < 4.78 is 10.1. The van der Waals surface area contributed by atoms with Crippen molar-refractivity contribution in [1.29, 1.82) is 0 Å². The Morgan fingerprint density at radius 1 is 1.26 bits per heavy atom. The van der Waals surface area contributed by atoms with Gasteiger partial charge >= 0.3 is 5.97 Å². The SMILES string of the molecule is CCCNC1COCC1C(=O)NCCC(=O)OCC. The zero-order valence-electron chi connectivity index (χ0n) is 11.7. The molecule has 2 unspecified atom stereocenters. The fourth-order valence-electron chi connectivity index (χ4n) is 2.00. The highest BCUT2D eigenvalue weighted by Gasteiger charge is 2.33. The summed E-state index contributed by atoms with van der Waals surface area (Å²) in [6.07, 6.45) is 1.23. The summed E-state index contributed by atoms with van der Waals surface area (Å²) >= 11 is 0. The van der Waals surface area contributed by atoms with Crippen molar-refractivity contribution < 1.29 is 19.1 Å². The molecule has 0 saturated carbocycles. The molecule has 1 rings (SSSR count). The minimum absolute atomic E-state index is 0.0598. The number of ether oxygens (including phenoxy) is 2. The summed E-state index contributed by atoms with van der Waals surface area (Å²) in [5.74, 6) is -0.518. The van der Waals surface area contributed by atoms with Gasteiger partial charge in [0.05, 0.1) is 32.2 Å². The molecule has 1 amide bonds. The van der Waals surface area contributed by atoms with E-state index in [2.05, 4.69) is 17.6 Å². The smallest absolute Gasteiger partial charge is 0.307 e. The van der Waals surface area contributed by atoms with E-state index in [1.807, 2.05) is 0 Å². The van der Waals surface area contributed by atoms with Crippen molar-refractivity contribution in [2.75, 3.05) is 32.9 Å². The van der Waals surface area contributed by atoms with E-state index >= 15 is 0 Å². The Bertz CT molecular complexity index is 296. The number of carbonyl (C=O) groups is 2. The maximum absolute atomic E-state index is 12.0. The maximum Gasteiger partial charge on any atom is 0.307 e. The third-order valence-corrected chi connectivity index (χ3v) is 3.01. The fraction of sp³-hybridized carbons (Fsp3) is 0.846. The number of hydrogen-bond acceptors (Lipinski definition) is 5. The predicted molar refractivity (Wildman–Crippen MR) is 70.7 cm³/mol. The van der Waals surface area contributed by atoms with Crippen molar-refractivity contribution >= 4 is 11.9 Å². The highest BCUT2D eigenvalue weighted by atomic mass is 16.5. The van der Waals surface area contributed by atoms with Crippen LogP contribution in [-0.4, -0.2) is 50.8 Å². The van der Waals surface area contributed by atoms with E-state index in [1.165, 1.54) is 0 Å². The van der Waals surface area contributed by atoms with Gasteiger partial charge in [-0.05, 0) is 19.9 Å². The molecule has 0 aromatic heterocycles. The van der Waals surface area contributed by atoms with Gasteiger partial charge in [0, 0.05) is 12.6 Å². The number of rotatable bonds is 8. The van der Waals surface area contributed by atoms with Gasteiger partial charge in [-0.3, -0.25) is 9.59 Å². The first-order valence-corrected chi connectivity index (χ1v) is 6.93. The van der Waals surface area contributed by atoms with Crippen LogP contribution < -0.4 is 10.6 Å². The molecule has 0 aromatic rings. The lowest BCUT2D eigenvalue weighted by atomic mass is 10.0. The highest BCUT2D eigenvalue weighted by molar-refractivity contribution is 5.80. The van der Waals surface area contributed by atoms with Crippen molar-refractivity contribution in [2.24, 2.45) is 5.92 Å². The molecule has 6 nitrogen and oxygen atoms in total. The normalized spacial score (nSPS) is 22.2. The average Bonchev–Trinajstić information content (AvgIpc) is 2.84. The maximum atomic E-state index is 12.0. The monoisotopic (exact) mass is 272 g/mol. The molecule has 0 bridgehead atoms. The molecule has 1 heterocycles. The van der Waals surface area contributed by atoms with Gasteiger partial charge in [-0.15, -0.1) is 0 Å². The van der Waals surface area contributed by atoms with Crippen molar-refractivity contribution in [2.45, 2.75) is 32.7 Å². The van der Waals surface area contributed by atoms with Crippen LogP contribution in [0.15, 0.2) is 0 Å². The molecule has 110 valence electrons. The molecule has 6 heteroatoms. The predicted octanol–water partition coefficient (Wildman–Crippen LogP) is 0.0704. The van der Waals surface area contributed by atoms with Crippen LogP contribution in [0.25, 0.3) is 0 Å². The van der Waals surface area contributed by atoms with Crippen molar-refractivity contribution in [3.63, 3.8) is 0 Å². The number of nitrogens with one attached hydrogen (secondary N) is 2. The van der Waals surface area contributed by atoms with E-state index in [9.17, 15) is 9.59 Å². The standard InChI is InChI=1S/C13H24N2O4/c1-3-6-14-11-9-18-8-10(11)13(17)15-7-5-12(16)19-4-2/h10-11,14H,3-9H2,1-2H3,(H,15,17). The van der Waals surface area contributed by atoms with Gasteiger partial charge in [-0.25, -0.2) is 0 Å². The lowest BCUT2D eigenvalue weighted by Gasteiger charge is -2.18. The topological polar surface area (TPSA) is 76.7 Å². The van der Waals surface area contributed by atoms with Gasteiger partial charge in [-0.1, -0.05) is 6.92 Å². The lowest BCUT2D eigenvalue weighted by molar-refractivity contribution is -0.143. The van der Waals surface area contributed by atoms with Crippen LogP contribution in [0, 0.1) is 5.92 Å². The van der Waals surface area contributed by atoms with Gasteiger partial charge < -0.3 is 20.1 Å². The van der Waals surface area contributed by atoms with E-state index in [4.69, 9.17) is 9.47 Å². The Labute approximate surface area is 114 Å². The van der Waals surface area contributed by atoms with E-state index in [0.29, 0.717) is 26.4 Å². The number of carbonyl (C=O) groups excluding carboxylic acids is 2. The van der Waals surface area contributed by atoms with Crippen LogP contribution in [0.5, 0.6) is 0 Å². The van der Waals surface area contributed by atoms with Gasteiger partial charge in [0.15, 0.2) is 0 Å². The van der Waals surface area contributed by atoms with E-state index in [1.54, 1.807) is 6.92 Å². The molecule has 1 aliphatic heterocycles. The average molecular weight is 272 g/mol. The Hall–Kier alpha value is -1.14. The van der Waals surface area contributed by atoms with Gasteiger partial charge in [0.1, 0.15) is 0 Å². The first-order valence-electron chi connectivity index (χ1n) is 6.93. The second-order valence-electron chi connectivity index (χ2n) is 4.55. The summed E-state index contributed by atoms with van der Waals surface area (Å²) in [5.41, 5.74) is 0. The minimum atomic E-state index is -0.286. The molecular weight excluding hydrogens is 248 g/mol. The van der Waals surface area contributed by atoms with Crippen molar-refractivity contribution in [3.8, 4) is 0 Å². The largest absolute Gasteiger partial charge is 0.466 e. The quantitative estimate of drug-likeness (QED) is 0.612. The number of esters is 1. The lowest BCUT2D eigenvalue weighted by Crippen LogP contribution is -2.44. The minimum Gasteiger partial charge on any atom is -0.466 e. The van der Waals surface area contributed by atoms with Gasteiger partial charge in [0.25, 0.3) is 0 Å². The van der Waals surface area contributed by atoms with Crippen LogP contribution in [0.3, 0.4) is 0 Å². The Morgan fingerprint density at radius 3 is 2.74 bits per heavy atom. The van der Waals surface area contributed by atoms with Crippen molar-refractivity contribution in [3.05, 3.63) is 0 Å². The Morgan fingerprint density at radius 2 is 2.05 bits per heavy atom. The van der Waals surface area contributed by atoms with Gasteiger partial charge in [-0.2, -0.15) is 0 Å². The third kappa shape index (κ3) is 5.57. The summed E-state index contributed by atoms with van der Waals surface area (Å²) in [5, 5.41) is 6.06. The molecule has 0 radical (unpaired) electrons. The zero-order chi connectivity index (χ0) is 14.1. The Balaban J connectivity index is 2.26. The molecule has 19 heavy (non-hydrogen) atoms. The molecule has 1 aliphatic rings. The van der Waals surface area contributed by atoms with Crippen molar-refractivity contribution in [1.82, 2.24) is 10.6 Å². The van der Waals surface area contributed by atoms with Crippen LogP contribution in [0.1, 0.15) is 26.7 Å². The molecule has 1 saturated heterocycles. The molecule has 0 spiro atoms. The highest BCUT2D eigenvalue weighted by Crippen LogP contribution is 2.13. The second kappa shape index (κ2) is 8.87. The van der Waals surface area contributed by atoms with Crippen LogP contribution in [0.2, 0.25) is 0 Å². The van der Waals surface area contributed by atoms with Crippen LogP contribution in [-0.2, 0) is 19.1 Å². The van der Waals surface area contributed by atoms with Gasteiger partial charge in [0.2, 0.25) is 5.91 Å². The zero-order valence-corrected chi connectivity index (χ0v) is 11.7. The first-order chi connectivity index (χ1) is 9.19. The summed E-state index contributed by atoms with van der Waals surface area (Å²) in [4.78, 5) is 23.1. The second-order valence-corrected chi connectivity index (χ2v) is 4.55. The Kier molecular flexibility index (Phi) is 7.43. The molecule has 0 aliphatic carbocycles. The van der Waals surface area contributed by atoms with Crippen LogP contribution in [0.4, 0.5) is 0 Å². The third-order valence-electron chi connectivity index (χ3n) is 3.01.